The topological polar surface area (TPSA) is 29.1 Å². The summed E-state index contributed by atoms with van der Waals surface area (Å²) in [5.74, 6) is -0.494. The van der Waals surface area contributed by atoms with Gasteiger partial charge in [-0.2, -0.15) is 0 Å². The number of carbonyl (C=O) groups is 1. The number of hydrogen-bond acceptors (Lipinski definition) is 1. The molecule has 80 valence electrons. The maximum atomic E-state index is 14.5. The molecule has 0 aromatic heterocycles. The van der Waals surface area contributed by atoms with Gasteiger partial charge in [0.05, 0.1) is 0 Å². The number of alkyl halides is 1. The van der Waals surface area contributed by atoms with Gasteiger partial charge in [-0.15, -0.1) is 0 Å². The van der Waals surface area contributed by atoms with Crippen molar-refractivity contribution in [1.29, 1.82) is 0 Å². The molecule has 1 unspecified atom stereocenters. The lowest BCUT2D eigenvalue weighted by atomic mass is 9.90. The van der Waals surface area contributed by atoms with Crippen molar-refractivity contribution in [3.05, 3.63) is 35.9 Å². The maximum absolute atomic E-state index is 14.5. The number of rotatable bonds is 1. The van der Waals surface area contributed by atoms with E-state index in [1.807, 2.05) is 6.07 Å². The van der Waals surface area contributed by atoms with Gasteiger partial charge in [-0.3, -0.25) is 4.79 Å². The van der Waals surface area contributed by atoms with Crippen LogP contribution in [0, 0.1) is 0 Å². The fourth-order valence-electron chi connectivity index (χ4n) is 1.93. The van der Waals surface area contributed by atoms with Crippen LogP contribution in [-0.4, -0.2) is 12.5 Å². The minimum atomic E-state index is -1.84. The first-order chi connectivity index (χ1) is 7.23. The number of hydrogen-bond donors (Lipinski definition) is 1. The first kappa shape index (κ1) is 10.1. The normalized spacial score (nSPS) is 26.9. The maximum Gasteiger partial charge on any atom is 0.262 e. The molecule has 2 nitrogen and oxygen atoms in total. The number of halogens is 1. The minimum Gasteiger partial charge on any atom is -0.353 e. The van der Waals surface area contributed by atoms with Crippen molar-refractivity contribution >= 4 is 5.91 Å². The highest BCUT2D eigenvalue weighted by molar-refractivity contribution is 5.86. The summed E-state index contributed by atoms with van der Waals surface area (Å²) < 4.78 is 14.5. The van der Waals surface area contributed by atoms with Crippen molar-refractivity contribution in [1.82, 2.24) is 5.32 Å². The second kappa shape index (κ2) is 4.01. The first-order valence-electron chi connectivity index (χ1n) is 5.26. The van der Waals surface area contributed by atoms with Crippen LogP contribution in [0.25, 0.3) is 0 Å². The lowest BCUT2D eigenvalue weighted by Gasteiger charge is -2.22. The van der Waals surface area contributed by atoms with Crippen LogP contribution in [0.1, 0.15) is 24.8 Å². The predicted molar refractivity (Wildman–Crippen MR) is 56.1 cm³/mol. The van der Waals surface area contributed by atoms with Crippen molar-refractivity contribution in [2.24, 2.45) is 0 Å². The van der Waals surface area contributed by atoms with Crippen LogP contribution in [0.15, 0.2) is 30.3 Å². The molecule has 3 heteroatoms. The summed E-state index contributed by atoms with van der Waals surface area (Å²) >= 11 is 0. The van der Waals surface area contributed by atoms with E-state index in [1.54, 1.807) is 24.3 Å². The van der Waals surface area contributed by atoms with Gasteiger partial charge in [0.15, 0.2) is 0 Å². The summed E-state index contributed by atoms with van der Waals surface area (Å²) in [6, 6.07) is 8.68. The third-order valence-electron chi connectivity index (χ3n) is 2.82. The van der Waals surface area contributed by atoms with Crippen LogP contribution in [0.5, 0.6) is 0 Å². The Bertz CT molecular complexity index is 352. The highest BCUT2D eigenvalue weighted by Crippen LogP contribution is 2.33. The Labute approximate surface area is 88.5 Å². The Morgan fingerprint density at radius 2 is 1.93 bits per heavy atom. The lowest BCUT2D eigenvalue weighted by molar-refractivity contribution is -0.133. The van der Waals surface area contributed by atoms with Gasteiger partial charge < -0.3 is 5.32 Å². The summed E-state index contributed by atoms with van der Waals surface area (Å²) in [6.07, 6.45) is 1.87. The molecule has 0 spiro atoms. The minimum absolute atomic E-state index is 0.281. The average molecular weight is 207 g/mol. The summed E-state index contributed by atoms with van der Waals surface area (Å²) in [4.78, 5) is 11.7. The number of carbonyl (C=O) groups excluding carboxylic acids is 1. The smallest absolute Gasteiger partial charge is 0.262 e. The standard InChI is InChI=1S/C12H14FNO/c13-12(10-6-2-1-3-7-10)8-4-5-9-14-11(12)15/h1-3,6-7H,4-5,8-9H2,(H,14,15). The summed E-state index contributed by atoms with van der Waals surface area (Å²) in [6.45, 7) is 0.581. The molecule has 1 atom stereocenters. The third kappa shape index (κ3) is 1.87. The van der Waals surface area contributed by atoms with Crippen LogP contribution in [0.2, 0.25) is 0 Å². The van der Waals surface area contributed by atoms with Gasteiger partial charge in [-0.25, -0.2) is 4.39 Å². The highest BCUT2D eigenvalue weighted by Gasteiger charge is 2.40. The van der Waals surface area contributed by atoms with E-state index in [4.69, 9.17) is 0 Å². The molecule has 1 aromatic carbocycles. The predicted octanol–water partition coefficient (Wildman–Crippen LogP) is 2.15. The van der Waals surface area contributed by atoms with E-state index in [9.17, 15) is 9.18 Å². The van der Waals surface area contributed by atoms with Gasteiger partial charge >= 0.3 is 0 Å². The quantitative estimate of drug-likeness (QED) is 0.751. The fourth-order valence-corrected chi connectivity index (χ4v) is 1.93. The van der Waals surface area contributed by atoms with Crippen LogP contribution < -0.4 is 5.32 Å². The molecular formula is C12H14FNO. The molecule has 1 aliphatic rings. The van der Waals surface area contributed by atoms with E-state index in [1.165, 1.54) is 0 Å². The number of amides is 1. The Hall–Kier alpha value is -1.38. The molecule has 0 aliphatic carbocycles. The monoisotopic (exact) mass is 207 g/mol. The molecule has 1 amide bonds. The lowest BCUT2D eigenvalue weighted by Crippen LogP contribution is -2.39. The number of nitrogens with one attached hydrogen (secondary N) is 1. The Morgan fingerprint density at radius 3 is 2.67 bits per heavy atom. The van der Waals surface area contributed by atoms with Gasteiger partial charge in [0.25, 0.3) is 5.91 Å². The molecular weight excluding hydrogens is 193 g/mol. The summed E-state index contributed by atoms with van der Waals surface area (Å²) in [5, 5.41) is 2.62. The Morgan fingerprint density at radius 1 is 1.20 bits per heavy atom. The summed E-state index contributed by atoms with van der Waals surface area (Å²) in [5.41, 5.74) is -1.37. The molecule has 15 heavy (non-hydrogen) atoms. The van der Waals surface area contributed by atoms with Gasteiger partial charge in [0, 0.05) is 6.54 Å². The number of benzene rings is 1. The van der Waals surface area contributed by atoms with Crippen molar-refractivity contribution in [3.63, 3.8) is 0 Å². The molecule has 1 heterocycles. The zero-order chi connectivity index (χ0) is 10.7. The molecule has 1 aromatic rings. The molecule has 0 saturated carbocycles. The second-order valence-corrected chi connectivity index (χ2v) is 3.88. The Kier molecular flexibility index (Phi) is 2.71. The van der Waals surface area contributed by atoms with E-state index in [0.29, 0.717) is 12.1 Å². The van der Waals surface area contributed by atoms with Crippen LogP contribution >= 0.6 is 0 Å². The van der Waals surface area contributed by atoms with E-state index < -0.39 is 11.6 Å². The van der Waals surface area contributed by atoms with Gasteiger partial charge in [-0.1, -0.05) is 30.3 Å². The zero-order valence-corrected chi connectivity index (χ0v) is 8.50. The Balaban J connectivity index is 2.34. The van der Waals surface area contributed by atoms with Crippen LogP contribution in [0.3, 0.4) is 0 Å². The van der Waals surface area contributed by atoms with Gasteiger partial charge in [0.1, 0.15) is 0 Å². The van der Waals surface area contributed by atoms with Gasteiger partial charge in [-0.05, 0) is 24.8 Å². The van der Waals surface area contributed by atoms with Crippen LogP contribution in [-0.2, 0) is 10.5 Å². The molecule has 1 aliphatic heterocycles. The van der Waals surface area contributed by atoms with Crippen molar-refractivity contribution < 1.29 is 9.18 Å². The fraction of sp³-hybridized carbons (Fsp3) is 0.417. The highest BCUT2D eigenvalue weighted by atomic mass is 19.1. The van der Waals surface area contributed by atoms with E-state index in [2.05, 4.69) is 5.32 Å². The van der Waals surface area contributed by atoms with Crippen molar-refractivity contribution in [3.8, 4) is 0 Å². The third-order valence-corrected chi connectivity index (χ3v) is 2.82. The molecule has 1 fully saturated rings. The molecule has 1 saturated heterocycles. The van der Waals surface area contributed by atoms with E-state index in [0.717, 1.165) is 12.8 Å². The molecule has 1 N–H and O–H groups in total. The first-order valence-corrected chi connectivity index (χ1v) is 5.26. The molecule has 0 bridgehead atoms. The molecule has 2 rings (SSSR count). The zero-order valence-electron chi connectivity index (χ0n) is 8.50. The largest absolute Gasteiger partial charge is 0.353 e. The van der Waals surface area contributed by atoms with E-state index in [-0.39, 0.29) is 6.42 Å². The molecule has 0 radical (unpaired) electrons. The van der Waals surface area contributed by atoms with Crippen molar-refractivity contribution in [2.75, 3.05) is 6.54 Å². The second-order valence-electron chi connectivity index (χ2n) is 3.88. The van der Waals surface area contributed by atoms with E-state index >= 15 is 0 Å². The summed E-state index contributed by atoms with van der Waals surface area (Å²) in [7, 11) is 0. The SMILES string of the molecule is O=C1NCCCCC1(F)c1ccccc1. The van der Waals surface area contributed by atoms with Crippen molar-refractivity contribution in [2.45, 2.75) is 24.9 Å². The average Bonchev–Trinajstić information content (AvgIpc) is 2.44. The van der Waals surface area contributed by atoms with Crippen LogP contribution in [0.4, 0.5) is 4.39 Å². The van der Waals surface area contributed by atoms with Gasteiger partial charge in [0.2, 0.25) is 5.67 Å².